The molecule has 5 nitrogen and oxygen atoms in total. The summed E-state index contributed by atoms with van der Waals surface area (Å²) in [4.78, 5) is 8.65. The van der Waals surface area contributed by atoms with Crippen LogP contribution in [0.1, 0.15) is 50.1 Å². The maximum atomic E-state index is 5.84. The lowest BCUT2D eigenvalue weighted by atomic mass is 10.0. The van der Waals surface area contributed by atoms with E-state index in [2.05, 4.69) is 27.0 Å². The molecule has 0 aromatic carbocycles. The van der Waals surface area contributed by atoms with Gasteiger partial charge in [-0.2, -0.15) is 16.7 Å². The molecule has 6 heteroatoms. The standard InChI is InChI=1S/C16H26N4OS/c17-16-19-14(12-6-8-21-11-12)10-15(20-16)18-7-9-22-13-4-2-1-3-5-13/h10,12-13H,1-9,11H2,(H3,17,18,19,20)/t12-/m1/s1. The molecule has 2 fully saturated rings. The van der Waals surface area contributed by atoms with E-state index < -0.39 is 0 Å². The van der Waals surface area contributed by atoms with Crippen LogP contribution in [0.25, 0.3) is 0 Å². The molecule has 22 heavy (non-hydrogen) atoms. The van der Waals surface area contributed by atoms with Crippen molar-refractivity contribution >= 4 is 23.5 Å². The van der Waals surface area contributed by atoms with Gasteiger partial charge in [0.05, 0.1) is 12.3 Å². The van der Waals surface area contributed by atoms with Gasteiger partial charge in [0.25, 0.3) is 0 Å². The van der Waals surface area contributed by atoms with E-state index >= 15 is 0 Å². The average Bonchev–Trinajstić information content (AvgIpc) is 3.07. The molecule has 0 radical (unpaired) electrons. The minimum atomic E-state index is 0.354. The molecule has 0 bridgehead atoms. The number of hydrogen-bond acceptors (Lipinski definition) is 6. The summed E-state index contributed by atoms with van der Waals surface area (Å²) >= 11 is 2.09. The largest absolute Gasteiger partial charge is 0.381 e. The Bertz CT molecular complexity index is 473. The molecule has 0 unspecified atom stereocenters. The van der Waals surface area contributed by atoms with E-state index in [1.165, 1.54) is 32.1 Å². The number of rotatable bonds is 6. The highest BCUT2D eigenvalue weighted by atomic mass is 32.2. The van der Waals surface area contributed by atoms with Crippen molar-refractivity contribution in [3.63, 3.8) is 0 Å². The minimum Gasteiger partial charge on any atom is -0.381 e. The smallest absolute Gasteiger partial charge is 0.222 e. The number of nitrogen functional groups attached to an aromatic ring is 1. The fraction of sp³-hybridized carbons (Fsp3) is 0.750. The van der Waals surface area contributed by atoms with E-state index in [0.717, 1.165) is 48.7 Å². The van der Waals surface area contributed by atoms with Crippen LogP contribution < -0.4 is 11.1 Å². The number of ether oxygens (including phenoxy) is 1. The molecule has 1 aromatic rings. The number of aromatic nitrogens is 2. The third-order valence-electron chi connectivity index (χ3n) is 4.43. The maximum absolute atomic E-state index is 5.84. The van der Waals surface area contributed by atoms with Gasteiger partial charge >= 0.3 is 0 Å². The van der Waals surface area contributed by atoms with Gasteiger partial charge in [-0.3, -0.25) is 0 Å². The summed E-state index contributed by atoms with van der Waals surface area (Å²) in [6.45, 7) is 2.49. The van der Waals surface area contributed by atoms with Gasteiger partial charge in [0, 0.05) is 36.1 Å². The highest BCUT2D eigenvalue weighted by Crippen LogP contribution is 2.28. The first-order valence-electron chi connectivity index (χ1n) is 8.39. The zero-order chi connectivity index (χ0) is 15.2. The fourth-order valence-electron chi connectivity index (χ4n) is 3.19. The normalized spacial score (nSPS) is 22.8. The number of anilines is 2. The van der Waals surface area contributed by atoms with Crippen molar-refractivity contribution in [1.82, 2.24) is 9.97 Å². The first-order valence-corrected chi connectivity index (χ1v) is 9.44. The molecule has 3 rings (SSSR count). The van der Waals surface area contributed by atoms with E-state index in [4.69, 9.17) is 10.5 Å². The third kappa shape index (κ3) is 4.49. The number of thioether (sulfide) groups is 1. The summed E-state index contributed by atoms with van der Waals surface area (Å²) in [5, 5.41) is 4.25. The first-order chi connectivity index (χ1) is 10.8. The molecule has 1 aliphatic heterocycles. The molecule has 3 N–H and O–H groups in total. The zero-order valence-electron chi connectivity index (χ0n) is 13.1. The van der Waals surface area contributed by atoms with Gasteiger partial charge in [0.1, 0.15) is 5.82 Å². The van der Waals surface area contributed by atoms with Crippen molar-refractivity contribution in [2.75, 3.05) is 36.6 Å². The predicted octanol–water partition coefficient (Wildman–Crippen LogP) is 3.04. The van der Waals surface area contributed by atoms with Crippen LogP contribution in [0.2, 0.25) is 0 Å². The molecule has 2 heterocycles. The number of hydrogen-bond donors (Lipinski definition) is 2. The lowest BCUT2D eigenvalue weighted by Gasteiger charge is -2.21. The van der Waals surface area contributed by atoms with Gasteiger partial charge < -0.3 is 15.8 Å². The summed E-state index contributed by atoms with van der Waals surface area (Å²) in [6, 6.07) is 2.03. The maximum Gasteiger partial charge on any atom is 0.222 e. The van der Waals surface area contributed by atoms with E-state index in [1.807, 2.05) is 6.07 Å². The molecule has 1 aliphatic carbocycles. The molecule has 0 amide bonds. The second kappa shape index (κ2) is 8.02. The molecule has 0 spiro atoms. The van der Waals surface area contributed by atoms with E-state index in [1.54, 1.807) is 0 Å². The first kappa shape index (κ1) is 15.9. The van der Waals surface area contributed by atoms with E-state index in [-0.39, 0.29) is 0 Å². The van der Waals surface area contributed by atoms with E-state index in [9.17, 15) is 0 Å². The van der Waals surface area contributed by atoms with Crippen LogP contribution in [-0.2, 0) is 4.74 Å². The molecule has 122 valence electrons. The Morgan fingerprint density at radius 1 is 1.23 bits per heavy atom. The van der Waals surface area contributed by atoms with Crippen LogP contribution in [0.5, 0.6) is 0 Å². The van der Waals surface area contributed by atoms with Crippen LogP contribution >= 0.6 is 11.8 Å². The third-order valence-corrected chi connectivity index (χ3v) is 5.81. The van der Waals surface area contributed by atoms with Crippen LogP contribution in [-0.4, -0.2) is 40.7 Å². The summed E-state index contributed by atoms with van der Waals surface area (Å²) in [6.07, 6.45) is 8.02. The molecule has 1 saturated heterocycles. The van der Waals surface area contributed by atoms with Crippen LogP contribution in [0, 0.1) is 0 Å². The van der Waals surface area contributed by atoms with Gasteiger partial charge in [-0.1, -0.05) is 19.3 Å². The SMILES string of the molecule is Nc1nc(NCCSC2CCCCC2)cc([C@@H]2CCOC2)n1. The Morgan fingerprint density at radius 3 is 2.86 bits per heavy atom. The summed E-state index contributed by atoms with van der Waals surface area (Å²) in [7, 11) is 0. The van der Waals surface area contributed by atoms with Gasteiger partial charge in [-0.15, -0.1) is 0 Å². The highest BCUT2D eigenvalue weighted by molar-refractivity contribution is 7.99. The number of nitrogens with two attached hydrogens (primary N) is 1. The van der Waals surface area contributed by atoms with Crippen molar-refractivity contribution in [2.24, 2.45) is 0 Å². The summed E-state index contributed by atoms with van der Waals surface area (Å²) in [5.41, 5.74) is 6.85. The lowest BCUT2D eigenvalue weighted by molar-refractivity contribution is 0.193. The second-order valence-electron chi connectivity index (χ2n) is 6.15. The van der Waals surface area contributed by atoms with Gasteiger partial charge in [-0.25, -0.2) is 4.98 Å². The Hall–Kier alpha value is -1.01. The molecule has 1 saturated carbocycles. The number of nitrogens with one attached hydrogen (secondary N) is 1. The van der Waals surface area contributed by atoms with Crippen LogP contribution in [0.15, 0.2) is 6.07 Å². The fourth-order valence-corrected chi connectivity index (χ4v) is 4.41. The lowest BCUT2D eigenvalue weighted by Crippen LogP contribution is -2.14. The molecule has 1 aromatic heterocycles. The van der Waals surface area contributed by atoms with Crippen molar-refractivity contribution in [3.8, 4) is 0 Å². The molecule has 2 aliphatic rings. The summed E-state index contributed by atoms with van der Waals surface area (Å²) in [5.74, 6) is 2.68. The van der Waals surface area contributed by atoms with Crippen molar-refractivity contribution < 1.29 is 4.74 Å². The number of nitrogens with zero attached hydrogens (tertiary/aromatic N) is 2. The quantitative estimate of drug-likeness (QED) is 0.784. The topological polar surface area (TPSA) is 73.1 Å². The summed E-state index contributed by atoms with van der Waals surface area (Å²) < 4.78 is 5.43. The highest BCUT2D eigenvalue weighted by Gasteiger charge is 2.20. The Kier molecular flexibility index (Phi) is 5.78. The Labute approximate surface area is 136 Å². The minimum absolute atomic E-state index is 0.354. The second-order valence-corrected chi connectivity index (χ2v) is 7.56. The van der Waals surface area contributed by atoms with Crippen molar-refractivity contribution in [3.05, 3.63) is 11.8 Å². The van der Waals surface area contributed by atoms with Crippen LogP contribution in [0.4, 0.5) is 11.8 Å². The van der Waals surface area contributed by atoms with Gasteiger partial charge in [0.2, 0.25) is 5.95 Å². The van der Waals surface area contributed by atoms with Crippen molar-refractivity contribution in [1.29, 1.82) is 0 Å². The molecule has 1 atom stereocenters. The zero-order valence-corrected chi connectivity index (χ0v) is 13.9. The van der Waals surface area contributed by atoms with Crippen molar-refractivity contribution in [2.45, 2.75) is 49.7 Å². The van der Waals surface area contributed by atoms with Gasteiger partial charge in [0.15, 0.2) is 0 Å². The molecular formula is C16H26N4OS. The average molecular weight is 322 g/mol. The Balaban J connectivity index is 1.47. The predicted molar refractivity (Wildman–Crippen MR) is 92.4 cm³/mol. The van der Waals surface area contributed by atoms with Crippen LogP contribution in [0.3, 0.4) is 0 Å². The Morgan fingerprint density at radius 2 is 2.09 bits per heavy atom. The molecular weight excluding hydrogens is 296 g/mol. The van der Waals surface area contributed by atoms with Gasteiger partial charge in [-0.05, 0) is 19.3 Å². The van der Waals surface area contributed by atoms with E-state index in [0.29, 0.717) is 11.9 Å². The monoisotopic (exact) mass is 322 g/mol.